The predicted octanol–water partition coefficient (Wildman–Crippen LogP) is 0.869. The van der Waals surface area contributed by atoms with Crippen LogP contribution in [0.3, 0.4) is 0 Å². The average Bonchev–Trinajstić information content (AvgIpc) is 3.22. The van der Waals surface area contributed by atoms with Crippen LogP contribution in [0.1, 0.15) is 26.5 Å². The third-order valence-corrected chi connectivity index (χ3v) is 4.81. The largest absolute Gasteiger partial charge is 0.444 e. The van der Waals surface area contributed by atoms with Gasteiger partial charge in [-0.05, 0) is 27.7 Å². The van der Waals surface area contributed by atoms with Gasteiger partial charge in [-0.3, -0.25) is 4.79 Å². The van der Waals surface area contributed by atoms with Gasteiger partial charge in [-0.1, -0.05) is 0 Å². The van der Waals surface area contributed by atoms with Crippen molar-refractivity contribution in [2.45, 2.75) is 33.3 Å². The summed E-state index contributed by atoms with van der Waals surface area (Å²) < 4.78 is 8.52. The first-order valence-corrected chi connectivity index (χ1v) is 9.71. The number of aromatic nitrogens is 6. The molecular formula is C19H24N8O3. The van der Waals surface area contributed by atoms with Crippen molar-refractivity contribution < 1.29 is 9.53 Å². The topological polar surface area (TPSA) is 111 Å². The first-order valence-electron chi connectivity index (χ1n) is 9.71. The van der Waals surface area contributed by atoms with Crippen LogP contribution < -0.4 is 10.6 Å². The van der Waals surface area contributed by atoms with Crippen molar-refractivity contribution in [2.75, 3.05) is 31.2 Å². The molecule has 0 saturated carbocycles. The van der Waals surface area contributed by atoms with Gasteiger partial charge in [0.05, 0.1) is 18.8 Å². The van der Waals surface area contributed by atoms with Crippen molar-refractivity contribution >= 4 is 16.9 Å². The molecular weight excluding hydrogens is 388 g/mol. The van der Waals surface area contributed by atoms with Gasteiger partial charge in [-0.15, -0.1) is 5.10 Å². The summed E-state index contributed by atoms with van der Waals surface area (Å²) in [7, 11) is 0. The van der Waals surface area contributed by atoms with Crippen molar-refractivity contribution in [3.8, 4) is 5.82 Å². The van der Waals surface area contributed by atoms with Gasteiger partial charge in [0, 0.05) is 36.1 Å². The van der Waals surface area contributed by atoms with Crippen molar-refractivity contribution in [3.05, 3.63) is 41.0 Å². The molecule has 1 saturated heterocycles. The van der Waals surface area contributed by atoms with E-state index in [1.54, 1.807) is 21.8 Å². The zero-order chi connectivity index (χ0) is 21.5. The number of piperazine rings is 1. The Morgan fingerprint density at radius 2 is 1.83 bits per heavy atom. The van der Waals surface area contributed by atoms with Gasteiger partial charge >= 0.3 is 6.09 Å². The van der Waals surface area contributed by atoms with E-state index in [1.807, 2.05) is 32.7 Å². The van der Waals surface area contributed by atoms with Crippen LogP contribution >= 0.6 is 0 Å². The molecule has 1 fully saturated rings. The summed E-state index contributed by atoms with van der Waals surface area (Å²) in [6.45, 7) is 9.26. The summed E-state index contributed by atoms with van der Waals surface area (Å²) in [5.74, 6) is 0.495. The monoisotopic (exact) mass is 412 g/mol. The summed E-state index contributed by atoms with van der Waals surface area (Å²) in [5.41, 5.74) is -0.0538. The highest BCUT2D eigenvalue weighted by Crippen LogP contribution is 2.20. The molecule has 0 radical (unpaired) electrons. The Bertz CT molecular complexity index is 1130. The van der Waals surface area contributed by atoms with Crippen LogP contribution in [-0.4, -0.2) is 72.4 Å². The second-order valence-corrected chi connectivity index (χ2v) is 8.15. The molecule has 1 amide bonds. The van der Waals surface area contributed by atoms with Crippen LogP contribution in [0.4, 0.5) is 4.79 Å². The number of carbonyl (C=O) groups excluding carboxylic acids is 1. The van der Waals surface area contributed by atoms with Gasteiger partial charge in [-0.25, -0.2) is 19.1 Å². The molecule has 0 atom stereocenters. The molecule has 1 aliphatic heterocycles. The average molecular weight is 412 g/mol. The molecule has 0 aliphatic carbocycles. The highest BCUT2D eigenvalue weighted by atomic mass is 16.6. The van der Waals surface area contributed by atoms with Crippen LogP contribution in [-0.2, 0) is 4.74 Å². The van der Waals surface area contributed by atoms with E-state index >= 15 is 0 Å². The van der Waals surface area contributed by atoms with Gasteiger partial charge < -0.3 is 14.6 Å². The quantitative estimate of drug-likeness (QED) is 0.610. The Morgan fingerprint density at radius 3 is 2.47 bits per heavy atom. The molecule has 4 heterocycles. The SMILES string of the molecule is Cc1nnc(-n2cncn2)c2cn(N3CCN(C(=O)OC(C)(C)C)CC3)c(=O)cc12. The molecule has 0 unspecified atom stereocenters. The summed E-state index contributed by atoms with van der Waals surface area (Å²) in [6, 6.07) is 1.56. The Morgan fingerprint density at radius 1 is 1.10 bits per heavy atom. The zero-order valence-corrected chi connectivity index (χ0v) is 17.4. The van der Waals surface area contributed by atoms with Crippen LogP contribution in [0.15, 0.2) is 29.7 Å². The Kier molecular flexibility index (Phi) is 4.88. The lowest BCUT2D eigenvalue weighted by Crippen LogP contribution is -2.55. The van der Waals surface area contributed by atoms with Crippen molar-refractivity contribution in [3.63, 3.8) is 0 Å². The van der Waals surface area contributed by atoms with Gasteiger partial charge in [0.25, 0.3) is 5.56 Å². The number of aryl methyl sites for hydroxylation is 1. The second-order valence-electron chi connectivity index (χ2n) is 8.15. The molecule has 1 aliphatic rings. The van der Waals surface area contributed by atoms with Crippen LogP contribution in [0.2, 0.25) is 0 Å². The van der Waals surface area contributed by atoms with Crippen molar-refractivity contribution in [1.82, 2.24) is 34.5 Å². The third-order valence-electron chi connectivity index (χ3n) is 4.81. The minimum atomic E-state index is -0.542. The maximum atomic E-state index is 12.8. The molecule has 11 heteroatoms. The van der Waals surface area contributed by atoms with Crippen molar-refractivity contribution in [2.24, 2.45) is 0 Å². The molecule has 3 aromatic heterocycles. The fourth-order valence-corrected chi connectivity index (χ4v) is 3.36. The molecule has 0 N–H and O–H groups in total. The smallest absolute Gasteiger partial charge is 0.410 e. The number of rotatable bonds is 2. The third kappa shape index (κ3) is 3.82. The first-order chi connectivity index (χ1) is 14.2. The van der Waals surface area contributed by atoms with Crippen LogP contribution in [0.5, 0.6) is 0 Å². The molecule has 4 rings (SSSR count). The summed E-state index contributed by atoms with van der Waals surface area (Å²) in [5, 5.41) is 15.9. The summed E-state index contributed by atoms with van der Waals surface area (Å²) >= 11 is 0. The number of amides is 1. The van der Waals surface area contributed by atoms with Gasteiger partial charge in [0.1, 0.15) is 18.3 Å². The van der Waals surface area contributed by atoms with E-state index in [4.69, 9.17) is 4.74 Å². The van der Waals surface area contributed by atoms with E-state index < -0.39 is 5.60 Å². The van der Waals surface area contributed by atoms with E-state index in [-0.39, 0.29) is 11.7 Å². The summed E-state index contributed by atoms with van der Waals surface area (Å²) in [4.78, 5) is 30.7. The summed E-state index contributed by atoms with van der Waals surface area (Å²) in [6.07, 6.45) is 4.36. The lowest BCUT2D eigenvalue weighted by Gasteiger charge is -2.37. The number of ether oxygens (including phenoxy) is 1. The standard InChI is InChI=1S/C19H24N8O3/c1-13-14-9-16(28)27(10-15(14)17(23-22-13)26-12-20-11-21-26)25-7-5-24(6-8-25)18(29)30-19(2,3)4/h9-12H,5-8H2,1-4H3. The Hall–Kier alpha value is -3.50. The lowest BCUT2D eigenvalue weighted by molar-refractivity contribution is 0.0232. The highest BCUT2D eigenvalue weighted by Gasteiger charge is 2.26. The number of pyridine rings is 1. The maximum absolute atomic E-state index is 12.8. The number of nitrogens with zero attached hydrogens (tertiary/aromatic N) is 8. The van der Waals surface area contributed by atoms with E-state index in [0.29, 0.717) is 43.1 Å². The lowest BCUT2D eigenvalue weighted by atomic mass is 10.2. The Labute approximate surface area is 172 Å². The molecule has 3 aromatic rings. The molecule has 11 nitrogen and oxygen atoms in total. The van der Waals surface area contributed by atoms with Gasteiger partial charge in [-0.2, -0.15) is 10.2 Å². The van der Waals surface area contributed by atoms with E-state index in [2.05, 4.69) is 20.3 Å². The second kappa shape index (κ2) is 7.39. The van der Waals surface area contributed by atoms with Gasteiger partial charge in [0.2, 0.25) is 0 Å². The number of carbonyl (C=O) groups is 1. The van der Waals surface area contributed by atoms with Crippen LogP contribution in [0.25, 0.3) is 16.6 Å². The fraction of sp³-hybridized carbons (Fsp3) is 0.474. The maximum Gasteiger partial charge on any atom is 0.410 e. The molecule has 158 valence electrons. The first kappa shape index (κ1) is 19.8. The van der Waals surface area contributed by atoms with Crippen molar-refractivity contribution in [1.29, 1.82) is 0 Å². The molecule has 0 spiro atoms. The minimum absolute atomic E-state index is 0.172. The fourth-order valence-electron chi connectivity index (χ4n) is 3.36. The molecule has 0 bridgehead atoms. The van der Waals surface area contributed by atoms with E-state index in [9.17, 15) is 9.59 Å². The number of fused-ring (bicyclic) bond motifs is 1. The molecule has 0 aromatic carbocycles. The van der Waals surface area contributed by atoms with Crippen LogP contribution in [0, 0.1) is 6.92 Å². The highest BCUT2D eigenvalue weighted by molar-refractivity contribution is 5.89. The van der Waals surface area contributed by atoms with E-state index in [1.165, 1.54) is 17.3 Å². The van der Waals surface area contributed by atoms with Gasteiger partial charge in [0.15, 0.2) is 5.82 Å². The number of hydrogen-bond acceptors (Lipinski definition) is 8. The number of hydrogen-bond donors (Lipinski definition) is 0. The molecule has 30 heavy (non-hydrogen) atoms. The minimum Gasteiger partial charge on any atom is -0.444 e. The van der Waals surface area contributed by atoms with E-state index in [0.717, 1.165) is 5.39 Å². The Balaban J connectivity index is 1.63. The zero-order valence-electron chi connectivity index (χ0n) is 17.4. The predicted molar refractivity (Wildman–Crippen MR) is 109 cm³/mol. The normalized spacial score (nSPS) is 14.9.